The number of aryl methyl sites for hydroxylation is 2. The Balaban J connectivity index is 0.000000767. The number of pyridine rings is 6. The number of alkyl halides is 3. The number of fused-ring (bicyclic) bond motifs is 6. The Morgan fingerprint density at radius 2 is 0.831 bits per heavy atom. The number of carbonyl (C=O) groups excluding carboxylic acids is 4. The van der Waals surface area contributed by atoms with Crippen LogP contribution in [0.3, 0.4) is 0 Å². The van der Waals surface area contributed by atoms with Crippen molar-refractivity contribution < 1.29 is 196 Å². The average Bonchev–Trinajstić information content (AvgIpc) is 0.773. The first-order valence-corrected chi connectivity index (χ1v) is 40.2. The first kappa shape index (κ1) is 122. The van der Waals surface area contributed by atoms with Crippen molar-refractivity contribution in [3.8, 4) is 62.0 Å². The number of hydrogen-bond acceptors (Lipinski definition) is 12. The van der Waals surface area contributed by atoms with Crippen molar-refractivity contribution in [2.45, 2.75) is 81.8 Å². The van der Waals surface area contributed by atoms with Gasteiger partial charge in [0.2, 0.25) is 0 Å². The van der Waals surface area contributed by atoms with Crippen LogP contribution in [0.1, 0.15) is 79.0 Å². The molecule has 16 aromatic rings. The molecule has 0 saturated carbocycles. The van der Waals surface area contributed by atoms with E-state index in [-0.39, 0.29) is 178 Å². The van der Waals surface area contributed by atoms with Crippen LogP contribution < -0.4 is 9.64 Å². The Morgan fingerprint density at radius 1 is 0.404 bits per heavy atom. The Hall–Kier alpha value is -11.8. The zero-order valence-electron chi connectivity index (χ0n) is 75.8. The predicted octanol–water partition coefficient (Wildman–Crippen LogP) is 25.9. The molecule has 0 aliphatic heterocycles. The molecular weight excluding hydrogens is 2810 g/mol. The maximum Gasteiger partial charge on any atom is 0.405 e. The van der Waals surface area contributed by atoms with E-state index in [1.807, 2.05) is 141 Å². The SMILES string of the molecule is CC(=[OH+])C=C(C)O.CC(=[OH+])C=C(C)O.CC(=[OH+])C=C(C)O.CC(=[OH+])C=C(C)O.CCc1c[c-]c(-c2nccc3ccccc23)cc1.CN(C)c1ccnc(-c2[c-]cc(F)cc2F)c1.COc1c[c-]c(-c2nccc3ccccc23)cc1.Cc1c[c-]c(-c2nccc3ccccc23)cc1.Fc1c[c-]c(-c2ccccn2)c(F)c1C(F)(F)F.[Ir].[Ir].[Ir].[Ir].[Ir].[Ir].[c-]1cccc2ccc3cccnc3c12. The number of methoxy groups -OCH3 is 1. The van der Waals surface area contributed by atoms with E-state index < -0.39 is 40.6 Å². The number of benzene rings is 10. The van der Waals surface area contributed by atoms with E-state index in [4.69, 9.17) is 44.3 Å². The van der Waals surface area contributed by atoms with E-state index in [0.717, 1.165) is 80.1 Å². The molecule has 0 atom stereocenters. The summed E-state index contributed by atoms with van der Waals surface area (Å²) in [4.78, 5) is 61.1. The summed E-state index contributed by atoms with van der Waals surface area (Å²) in [6.45, 7) is 16.2. The molecule has 16 nitrogen and oxygen atoms in total. The summed E-state index contributed by atoms with van der Waals surface area (Å²) in [7, 11) is 5.41. The standard InChI is InChI=1S/C17H14N.C16H12NO.C16H12N.C13H11F2N2.C13H8N.C12H5F5N.4C5H8O2.6Ir/c1-2-13-7-9-15(10-8-13)17-16-6-4-3-5-14(16)11-12-18-17;1-18-14-8-6-13(7-9-14)16-15-5-3-2-4-12(15)10-11-17-16;1-12-6-8-14(9-7-12)16-15-5-3-2-4-13(15)10-11-17-16;1-17(2)10-5-6-16-13(8-10)11-4-3-9(14)7-12(11)15;1-2-6-12-10(4-1)7-8-11-5-3-9-14-13(11)12;13-8-5-4-7(9-3-1-2-6-18-9)11(14)10(8)12(15,16)17;4*1-4(6)3-5(2)7;;;;;;/h3-9,11-12H,2H2,1H3;2-6,8-11H,1H3;2-8,10-11H,1H3;3,5-8H,1-2H3;1-5,7-9H;1-3,5-6H;4*3,6H,1-2H3;;;;;;/q6*-1;;;;;;;;;;/p+4. The minimum atomic E-state index is -5.10. The summed E-state index contributed by atoms with van der Waals surface area (Å²) >= 11 is 0. The number of aliphatic hydroxyl groups is 4. The van der Waals surface area contributed by atoms with Crippen molar-refractivity contribution in [3.63, 3.8) is 0 Å². The molecule has 720 valence electrons. The van der Waals surface area contributed by atoms with Crippen molar-refractivity contribution in [2.75, 3.05) is 26.1 Å². The summed E-state index contributed by atoms with van der Waals surface area (Å²) in [5.74, 6) is -2.90. The molecule has 6 heterocycles. The number of halogens is 7. The van der Waals surface area contributed by atoms with Crippen LogP contribution in [0.15, 0.2) is 321 Å². The van der Waals surface area contributed by atoms with Crippen molar-refractivity contribution in [1.82, 2.24) is 29.9 Å². The third kappa shape index (κ3) is 40.7. The Kier molecular flexibility index (Phi) is 56.5. The Labute approximate surface area is 868 Å². The second-order valence-electron chi connectivity index (χ2n) is 28.8. The van der Waals surface area contributed by atoms with Crippen LogP contribution in [-0.4, -0.2) is 114 Å². The molecule has 0 fully saturated rings. The van der Waals surface area contributed by atoms with Crippen LogP contribution in [0.5, 0.6) is 5.75 Å². The molecule has 16 rings (SSSR count). The molecule has 0 spiro atoms. The van der Waals surface area contributed by atoms with Gasteiger partial charge < -0.3 is 60.0 Å². The van der Waals surface area contributed by atoms with E-state index in [1.54, 1.807) is 19.4 Å². The molecule has 0 amide bonds. The molecule has 6 aromatic heterocycles. The van der Waals surface area contributed by atoms with Gasteiger partial charge in [-0.3, -0.25) is 36.7 Å². The summed E-state index contributed by atoms with van der Waals surface area (Å²) in [6, 6.07) is 91.4. The smallest absolute Gasteiger partial charge is 0.405 e. The molecule has 0 bridgehead atoms. The molecule has 6 radical (unpaired) electrons. The number of anilines is 1. The molecule has 0 unspecified atom stereocenters. The van der Waals surface area contributed by atoms with Gasteiger partial charge in [-0.2, -0.15) is 13.2 Å². The van der Waals surface area contributed by atoms with Crippen LogP contribution in [0.25, 0.3) is 110 Å². The van der Waals surface area contributed by atoms with E-state index in [1.165, 1.54) is 153 Å². The van der Waals surface area contributed by atoms with Gasteiger partial charge in [0.25, 0.3) is 0 Å². The molecule has 0 saturated heterocycles. The van der Waals surface area contributed by atoms with Crippen molar-refractivity contribution in [3.05, 3.63) is 397 Å². The van der Waals surface area contributed by atoms with E-state index in [2.05, 4.69) is 177 Å². The normalized spacial score (nSPS) is 10.4. The summed E-state index contributed by atoms with van der Waals surface area (Å²) in [5, 5.41) is 44.2. The van der Waals surface area contributed by atoms with Crippen LogP contribution in [0.2, 0.25) is 0 Å². The maximum absolute atomic E-state index is 13.7. The minimum Gasteiger partial charge on any atom is -0.540 e. The number of rotatable bonds is 12. The summed E-state index contributed by atoms with van der Waals surface area (Å²) < 4.78 is 95.6. The van der Waals surface area contributed by atoms with Gasteiger partial charge in [0.1, 0.15) is 0 Å². The Bertz CT molecular complexity index is 6300. The molecular formula is C107H98F7Ir6N7O9-2. The number of ketones is 4. The number of aliphatic hydroxyl groups excluding tert-OH is 4. The fraction of sp³-hybridized carbons (Fsp3) is 0.140. The molecule has 0 aliphatic carbocycles. The first-order valence-electron chi connectivity index (χ1n) is 40.2. The topological polar surface area (TPSA) is 256 Å². The second-order valence-corrected chi connectivity index (χ2v) is 28.8. The van der Waals surface area contributed by atoms with Gasteiger partial charge in [0, 0.05) is 201 Å². The molecule has 10 aromatic carbocycles. The van der Waals surface area contributed by atoms with Gasteiger partial charge >= 0.3 is 29.3 Å². The third-order valence-electron chi connectivity index (χ3n) is 17.7. The van der Waals surface area contributed by atoms with Gasteiger partial charge in [-0.15, -0.1) is 160 Å². The summed E-state index contributed by atoms with van der Waals surface area (Å²) in [5.41, 5.74) is 8.64. The van der Waals surface area contributed by atoms with Gasteiger partial charge in [-0.25, -0.2) is 0 Å². The van der Waals surface area contributed by atoms with Crippen LogP contribution in [0, 0.1) is 66.6 Å². The summed E-state index contributed by atoms with van der Waals surface area (Å²) in [6.07, 6.45) is 11.3. The van der Waals surface area contributed by atoms with Crippen molar-refractivity contribution >= 4 is 82.8 Å². The van der Waals surface area contributed by atoms with Crippen molar-refractivity contribution in [1.29, 1.82) is 0 Å². The predicted molar refractivity (Wildman–Crippen MR) is 509 cm³/mol. The zero-order valence-corrected chi connectivity index (χ0v) is 90.1. The van der Waals surface area contributed by atoms with Crippen LogP contribution in [0.4, 0.5) is 36.4 Å². The number of allylic oxidation sites excluding steroid dienone is 8. The number of ether oxygens (including phenoxy) is 1. The second kappa shape index (κ2) is 62.8. The van der Waals surface area contributed by atoms with Gasteiger partial charge in [-0.1, -0.05) is 147 Å². The number of hydrogen-bond donors (Lipinski definition) is 4. The van der Waals surface area contributed by atoms with E-state index >= 15 is 0 Å². The zero-order chi connectivity index (χ0) is 95.0. The van der Waals surface area contributed by atoms with Crippen LogP contribution >= 0.6 is 0 Å². The fourth-order valence-corrected chi connectivity index (χ4v) is 12.0. The molecule has 0 aliphatic rings. The van der Waals surface area contributed by atoms with Crippen molar-refractivity contribution in [2.24, 2.45) is 0 Å². The Morgan fingerprint density at radius 3 is 1.24 bits per heavy atom. The monoisotopic (exact) mass is 2920 g/mol. The van der Waals surface area contributed by atoms with Gasteiger partial charge in [0.05, 0.1) is 93.8 Å². The molecule has 8 N–H and O–H groups in total. The maximum atomic E-state index is 13.7. The van der Waals surface area contributed by atoms with Gasteiger partial charge in [0.15, 0.2) is 0 Å². The quantitative estimate of drug-likeness (QED) is 0.0222. The minimum absolute atomic E-state index is 0. The van der Waals surface area contributed by atoms with Crippen LogP contribution in [-0.2, 0) is 133 Å². The largest absolute Gasteiger partial charge is 0.540 e. The molecule has 136 heavy (non-hydrogen) atoms. The first-order chi connectivity index (χ1) is 62.0. The van der Waals surface area contributed by atoms with Gasteiger partial charge in [-0.05, 0) is 136 Å². The third-order valence-corrected chi connectivity index (χ3v) is 17.7. The number of aromatic nitrogens is 6. The average molecular weight is 2910 g/mol. The fourth-order valence-electron chi connectivity index (χ4n) is 12.0. The number of nitrogens with zero attached hydrogens (tertiary/aromatic N) is 7. The molecule has 29 heteroatoms. The van der Waals surface area contributed by atoms with E-state index in [9.17, 15) is 30.7 Å². The van der Waals surface area contributed by atoms with E-state index in [0.29, 0.717) is 11.8 Å².